The van der Waals surface area contributed by atoms with Crippen LogP contribution in [0, 0.1) is 0 Å². The van der Waals surface area contributed by atoms with E-state index in [1.807, 2.05) is 24.3 Å². The van der Waals surface area contributed by atoms with Gasteiger partial charge in [-0.15, -0.1) is 11.8 Å². The highest BCUT2D eigenvalue weighted by molar-refractivity contribution is 8.00. The zero-order chi connectivity index (χ0) is 14.9. The number of carbonyl (C=O) groups excluding carboxylic acids is 1. The summed E-state index contributed by atoms with van der Waals surface area (Å²) in [5.41, 5.74) is 3.82. The van der Waals surface area contributed by atoms with Crippen molar-refractivity contribution in [3.8, 4) is 0 Å². The highest BCUT2D eigenvalue weighted by Crippen LogP contribution is 2.20. The number of nitrogens with one attached hydrogen (secondary N) is 1. The Labute approximate surface area is 135 Å². The topological polar surface area (TPSA) is 41.5 Å². The van der Waals surface area contributed by atoms with E-state index in [9.17, 15) is 4.79 Å². The lowest BCUT2D eigenvalue weighted by atomic mass is 9.99. The van der Waals surface area contributed by atoms with Crippen LogP contribution in [0.15, 0.2) is 34.3 Å². The molecule has 0 unspecified atom stereocenters. The standard InChI is InChI=1S/C16H21ClN2OS/c17-13-8-10-15(11-9-13)21-12-16(20)19-18-14-6-4-2-1-3-5-7-14/h8-11H,1-7,12H2,(H,19,20). The molecule has 1 aromatic rings. The fourth-order valence-corrected chi connectivity index (χ4v) is 3.10. The summed E-state index contributed by atoms with van der Waals surface area (Å²) >= 11 is 7.32. The fourth-order valence-electron chi connectivity index (χ4n) is 2.28. The van der Waals surface area contributed by atoms with Gasteiger partial charge in [0.25, 0.3) is 0 Å². The molecule has 0 saturated heterocycles. The van der Waals surface area contributed by atoms with Gasteiger partial charge in [-0.2, -0.15) is 5.10 Å². The second kappa shape index (κ2) is 9.11. The molecule has 1 amide bonds. The van der Waals surface area contributed by atoms with E-state index >= 15 is 0 Å². The minimum Gasteiger partial charge on any atom is -0.272 e. The summed E-state index contributed by atoms with van der Waals surface area (Å²) in [5.74, 6) is 0.322. The van der Waals surface area contributed by atoms with Crippen LogP contribution in [0.4, 0.5) is 0 Å². The maximum absolute atomic E-state index is 11.8. The normalized spacial score (nSPS) is 16.0. The smallest absolute Gasteiger partial charge is 0.250 e. The quantitative estimate of drug-likeness (QED) is 0.647. The minimum atomic E-state index is -0.0514. The van der Waals surface area contributed by atoms with Gasteiger partial charge in [-0.05, 0) is 49.9 Å². The number of carbonyl (C=O) groups is 1. The van der Waals surface area contributed by atoms with E-state index in [2.05, 4.69) is 10.5 Å². The van der Waals surface area contributed by atoms with Gasteiger partial charge in [0, 0.05) is 15.6 Å². The van der Waals surface area contributed by atoms with E-state index < -0.39 is 0 Å². The van der Waals surface area contributed by atoms with Crippen LogP contribution in [-0.4, -0.2) is 17.4 Å². The Morgan fingerprint density at radius 3 is 2.38 bits per heavy atom. The molecule has 3 nitrogen and oxygen atoms in total. The van der Waals surface area contributed by atoms with Crippen LogP contribution in [-0.2, 0) is 4.79 Å². The molecule has 0 spiro atoms. The zero-order valence-corrected chi connectivity index (χ0v) is 13.7. The van der Waals surface area contributed by atoms with E-state index in [1.54, 1.807) is 0 Å². The van der Waals surface area contributed by atoms with Crippen molar-refractivity contribution < 1.29 is 4.79 Å². The number of hydrogen-bond acceptors (Lipinski definition) is 3. The van der Waals surface area contributed by atoms with Crippen molar-refractivity contribution in [2.45, 2.75) is 49.8 Å². The van der Waals surface area contributed by atoms with Gasteiger partial charge in [-0.1, -0.05) is 30.9 Å². The summed E-state index contributed by atoms with van der Waals surface area (Å²) < 4.78 is 0. The molecule has 0 bridgehead atoms. The van der Waals surface area contributed by atoms with Crippen LogP contribution in [0.25, 0.3) is 0 Å². The van der Waals surface area contributed by atoms with Crippen molar-refractivity contribution in [3.05, 3.63) is 29.3 Å². The molecule has 1 aliphatic carbocycles. The lowest BCUT2D eigenvalue weighted by Crippen LogP contribution is -2.21. The highest BCUT2D eigenvalue weighted by atomic mass is 35.5. The van der Waals surface area contributed by atoms with Crippen molar-refractivity contribution in [2.75, 3.05) is 5.75 Å². The predicted molar refractivity (Wildman–Crippen MR) is 90.1 cm³/mol. The van der Waals surface area contributed by atoms with Crippen molar-refractivity contribution in [2.24, 2.45) is 5.10 Å². The summed E-state index contributed by atoms with van der Waals surface area (Å²) in [6.07, 6.45) is 8.30. The number of hydrogen-bond donors (Lipinski definition) is 1. The van der Waals surface area contributed by atoms with Crippen LogP contribution in [0.2, 0.25) is 5.02 Å². The van der Waals surface area contributed by atoms with Gasteiger partial charge < -0.3 is 0 Å². The largest absolute Gasteiger partial charge is 0.272 e. The Hall–Kier alpha value is -1.00. The molecule has 114 valence electrons. The van der Waals surface area contributed by atoms with Crippen LogP contribution in [0.3, 0.4) is 0 Å². The minimum absolute atomic E-state index is 0.0514. The number of hydrazone groups is 1. The van der Waals surface area contributed by atoms with Gasteiger partial charge in [-0.3, -0.25) is 4.79 Å². The maximum atomic E-state index is 11.8. The first kappa shape index (κ1) is 16.4. The van der Waals surface area contributed by atoms with Gasteiger partial charge >= 0.3 is 0 Å². The van der Waals surface area contributed by atoms with Crippen molar-refractivity contribution in [1.29, 1.82) is 0 Å². The molecule has 0 atom stereocenters. The molecule has 0 heterocycles. The van der Waals surface area contributed by atoms with Crippen LogP contribution < -0.4 is 5.43 Å². The van der Waals surface area contributed by atoms with Crippen molar-refractivity contribution in [1.82, 2.24) is 5.43 Å². The average Bonchev–Trinajstić information content (AvgIpc) is 2.45. The van der Waals surface area contributed by atoms with E-state index in [-0.39, 0.29) is 5.91 Å². The molecule has 0 radical (unpaired) electrons. The van der Waals surface area contributed by atoms with E-state index in [0.29, 0.717) is 10.8 Å². The van der Waals surface area contributed by atoms with E-state index in [1.165, 1.54) is 43.9 Å². The van der Waals surface area contributed by atoms with Gasteiger partial charge in [0.2, 0.25) is 5.91 Å². The second-order valence-corrected chi connectivity index (χ2v) is 6.71. The first-order chi connectivity index (χ1) is 10.2. The van der Waals surface area contributed by atoms with Gasteiger partial charge in [0.05, 0.1) is 5.75 Å². The zero-order valence-electron chi connectivity index (χ0n) is 12.1. The monoisotopic (exact) mass is 324 g/mol. The van der Waals surface area contributed by atoms with Crippen LogP contribution >= 0.6 is 23.4 Å². The van der Waals surface area contributed by atoms with Crippen LogP contribution in [0.1, 0.15) is 44.9 Å². The summed E-state index contributed by atoms with van der Waals surface area (Å²) in [6.45, 7) is 0. The SMILES string of the molecule is O=C(CSc1ccc(Cl)cc1)NN=C1CCCCCCC1. The molecule has 0 aromatic heterocycles. The van der Waals surface area contributed by atoms with Crippen LogP contribution in [0.5, 0.6) is 0 Å². The predicted octanol–water partition coefficient (Wildman–Crippen LogP) is 4.65. The Morgan fingerprint density at radius 1 is 1.10 bits per heavy atom. The molecule has 2 rings (SSSR count). The number of amides is 1. The third-order valence-electron chi connectivity index (χ3n) is 3.45. The summed E-state index contributed by atoms with van der Waals surface area (Å²) in [6, 6.07) is 7.50. The second-order valence-electron chi connectivity index (χ2n) is 5.22. The van der Waals surface area contributed by atoms with E-state index in [4.69, 9.17) is 11.6 Å². The van der Waals surface area contributed by atoms with Gasteiger partial charge in [-0.25, -0.2) is 5.43 Å². The average molecular weight is 325 g/mol. The highest BCUT2D eigenvalue weighted by Gasteiger charge is 2.06. The fraction of sp³-hybridized carbons (Fsp3) is 0.500. The molecule has 5 heteroatoms. The Bertz CT molecular complexity index is 478. The number of rotatable bonds is 4. The molecule has 1 N–H and O–H groups in total. The number of benzene rings is 1. The molecular formula is C16H21ClN2OS. The molecule has 1 fully saturated rings. The Kier molecular flexibility index (Phi) is 7.10. The first-order valence-electron chi connectivity index (χ1n) is 7.47. The molecule has 0 aliphatic heterocycles. The Morgan fingerprint density at radius 2 is 1.71 bits per heavy atom. The molecule has 1 saturated carbocycles. The van der Waals surface area contributed by atoms with Gasteiger partial charge in [0.15, 0.2) is 0 Å². The molecule has 21 heavy (non-hydrogen) atoms. The summed E-state index contributed by atoms with van der Waals surface area (Å²) in [5, 5.41) is 5.00. The third kappa shape index (κ3) is 6.53. The van der Waals surface area contributed by atoms with Crippen molar-refractivity contribution >= 4 is 35.0 Å². The Balaban J connectivity index is 1.74. The molecule has 1 aromatic carbocycles. The summed E-state index contributed by atoms with van der Waals surface area (Å²) in [4.78, 5) is 12.9. The number of halogens is 1. The lowest BCUT2D eigenvalue weighted by Gasteiger charge is -2.10. The first-order valence-corrected chi connectivity index (χ1v) is 8.83. The van der Waals surface area contributed by atoms with Gasteiger partial charge in [0.1, 0.15) is 0 Å². The number of nitrogens with zero attached hydrogens (tertiary/aromatic N) is 1. The third-order valence-corrected chi connectivity index (χ3v) is 4.72. The maximum Gasteiger partial charge on any atom is 0.250 e. The lowest BCUT2D eigenvalue weighted by molar-refractivity contribution is -0.118. The molecule has 1 aliphatic rings. The van der Waals surface area contributed by atoms with E-state index in [0.717, 1.165) is 23.4 Å². The number of thioether (sulfide) groups is 1. The summed E-state index contributed by atoms with van der Waals surface area (Å²) in [7, 11) is 0. The molecular weight excluding hydrogens is 304 g/mol. The van der Waals surface area contributed by atoms with Crippen molar-refractivity contribution in [3.63, 3.8) is 0 Å².